The molecule has 1 amide bonds. The van der Waals surface area contributed by atoms with Crippen LogP contribution in [0.25, 0.3) is 0 Å². The Hall–Kier alpha value is -3.13. The molecule has 0 radical (unpaired) electrons. The van der Waals surface area contributed by atoms with E-state index in [-0.39, 0.29) is 5.91 Å². The minimum atomic E-state index is 0.0675. The maximum absolute atomic E-state index is 13.1. The van der Waals surface area contributed by atoms with E-state index in [1.807, 2.05) is 47.4 Å². The smallest absolute Gasteiger partial charge is 0.253 e. The van der Waals surface area contributed by atoms with Crippen molar-refractivity contribution in [3.63, 3.8) is 0 Å². The van der Waals surface area contributed by atoms with E-state index in [0.717, 1.165) is 66.9 Å². The van der Waals surface area contributed by atoms with Crippen LogP contribution in [0.3, 0.4) is 0 Å². The summed E-state index contributed by atoms with van der Waals surface area (Å²) in [6.07, 6.45) is 3.70. The molecule has 1 aliphatic heterocycles. The van der Waals surface area contributed by atoms with Crippen LogP contribution in [0.5, 0.6) is 11.5 Å². The van der Waals surface area contributed by atoms with Crippen molar-refractivity contribution in [1.29, 1.82) is 0 Å². The summed E-state index contributed by atoms with van der Waals surface area (Å²) in [4.78, 5) is 22.0. The van der Waals surface area contributed by atoms with Gasteiger partial charge in [0.25, 0.3) is 5.91 Å². The van der Waals surface area contributed by atoms with Gasteiger partial charge in [0.05, 0.1) is 13.7 Å². The van der Waals surface area contributed by atoms with Crippen molar-refractivity contribution in [2.24, 2.45) is 0 Å². The maximum Gasteiger partial charge on any atom is 0.253 e. The molecular weight excluding hydrogens is 448 g/mol. The number of rotatable bonds is 9. The van der Waals surface area contributed by atoms with Crippen molar-refractivity contribution in [1.82, 2.24) is 14.3 Å². The molecule has 3 aromatic rings. The summed E-state index contributed by atoms with van der Waals surface area (Å²) >= 11 is 1.43. The van der Waals surface area contributed by atoms with Crippen molar-refractivity contribution in [3.05, 3.63) is 65.5 Å². The molecule has 1 aliphatic rings. The molecule has 4 rings (SSSR count). The van der Waals surface area contributed by atoms with Gasteiger partial charge in [0.2, 0.25) is 5.13 Å². The first-order chi connectivity index (χ1) is 16.7. The summed E-state index contributed by atoms with van der Waals surface area (Å²) in [6, 6.07) is 15.5. The molecule has 7 nitrogen and oxygen atoms in total. The van der Waals surface area contributed by atoms with E-state index in [1.165, 1.54) is 11.5 Å². The average Bonchev–Trinajstić information content (AvgIpc) is 3.19. The van der Waals surface area contributed by atoms with E-state index in [1.54, 1.807) is 7.11 Å². The molecule has 8 heteroatoms. The lowest BCUT2D eigenvalue weighted by atomic mass is 10.1. The Bertz CT molecular complexity index is 1070. The Kier molecular flexibility index (Phi) is 8.36. The topological polar surface area (TPSA) is 67.8 Å². The van der Waals surface area contributed by atoms with Gasteiger partial charge >= 0.3 is 0 Å². The summed E-state index contributed by atoms with van der Waals surface area (Å²) in [5.41, 5.74) is 1.82. The average molecular weight is 481 g/mol. The molecule has 0 saturated carbocycles. The van der Waals surface area contributed by atoms with Crippen molar-refractivity contribution in [2.75, 3.05) is 44.8 Å². The largest absolute Gasteiger partial charge is 0.497 e. The van der Waals surface area contributed by atoms with Crippen molar-refractivity contribution in [2.45, 2.75) is 32.6 Å². The number of aromatic nitrogens is 2. The van der Waals surface area contributed by atoms with Crippen LogP contribution >= 0.6 is 11.5 Å². The number of nitrogens with zero attached hydrogens (tertiary/aromatic N) is 4. The lowest BCUT2D eigenvalue weighted by Crippen LogP contribution is -2.35. The van der Waals surface area contributed by atoms with E-state index in [9.17, 15) is 4.79 Å². The number of hydrogen-bond donors (Lipinski definition) is 0. The summed E-state index contributed by atoms with van der Waals surface area (Å²) < 4.78 is 15.6. The first-order valence-corrected chi connectivity index (χ1v) is 12.7. The van der Waals surface area contributed by atoms with Crippen LogP contribution in [0.15, 0.2) is 48.5 Å². The number of anilines is 1. The molecule has 0 spiro atoms. The molecular formula is C26H32N4O3S. The number of carbonyl (C=O) groups is 1. The van der Waals surface area contributed by atoms with Crippen LogP contribution in [-0.4, -0.2) is 60.1 Å². The van der Waals surface area contributed by atoms with Gasteiger partial charge in [0, 0.05) is 49.7 Å². The molecule has 0 aliphatic carbocycles. The number of benzene rings is 2. The quantitative estimate of drug-likeness (QED) is 0.415. The van der Waals surface area contributed by atoms with Gasteiger partial charge < -0.3 is 19.3 Å². The third-order valence-electron chi connectivity index (χ3n) is 5.88. The highest BCUT2D eigenvalue weighted by Gasteiger charge is 2.22. The Morgan fingerprint density at radius 1 is 1.06 bits per heavy atom. The van der Waals surface area contributed by atoms with Gasteiger partial charge in [0.15, 0.2) is 0 Å². The van der Waals surface area contributed by atoms with Crippen LogP contribution in [0, 0.1) is 0 Å². The second-order valence-electron chi connectivity index (χ2n) is 8.38. The van der Waals surface area contributed by atoms with E-state index < -0.39 is 0 Å². The highest BCUT2D eigenvalue weighted by Crippen LogP contribution is 2.22. The number of unbranched alkanes of at least 4 members (excludes halogenated alkanes) is 1. The minimum absolute atomic E-state index is 0.0675. The van der Waals surface area contributed by atoms with E-state index in [2.05, 4.69) is 22.3 Å². The Morgan fingerprint density at radius 3 is 2.71 bits per heavy atom. The van der Waals surface area contributed by atoms with Gasteiger partial charge in [-0.05, 0) is 54.8 Å². The van der Waals surface area contributed by atoms with Crippen LogP contribution in [0.1, 0.15) is 47.9 Å². The van der Waals surface area contributed by atoms with Crippen molar-refractivity contribution >= 4 is 22.6 Å². The first kappa shape index (κ1) is 24.0. The third-order valence-corrected chi connectivity index (χ3v) is 6.69. The van der Waals surface area contributed by atoms with Gasteiger partial charge in [0.1, 0.15) is 17.3 Å². The predicted octanol–water partition coefficient (Wildman–Crippen LogP) is 4.67. The molecule has 0 atom stereocenters. The monoisotopic (exact) mass is 480 g/mol. The summed E-state index contributed by atoms with van der Waals surface area (Å²) in [5, 5.41) is 0.917. The van der Waals surface area contributed by atoms with Crippen molar-refractivity contribution < 1.29 is 14.3 Å². The highest BCUT2D eigenvalue weighted by molar-refractivity contribution is 7.09. The number of amides is 1. The highest BCUT2D eigenvalue weighted by atomic mass is 32.1. The van der Waals surface area contributed by atoms with E-state index in [4.69, 9.17) is 14.5 Å². The molecule has 2 heterocycles. The fourth-order valence-corrected chi connectivity index (χ4v) is 4.67. The third kappa shape index (κ3) is 6.26. The van der Waals surface area contributed by atoms with Gasteiger partial charge in [-0.2, -0.15) is 4.37 Å². The fourth-order valence-electron chi connectivity index (χ4n) is 3.93. The number of carbonyl (C=O) groups excluding carboxylic acids is 1. The molecule has 0 N–H and O–H groups in total. The summed E-state index contributed by atoms with van der Waals surface area (Å²) in [7, 11) is 1.67. The molecule has 34 heavy (non-hydrogen) atoms. The van der Waals surface area contributed by atoms with Gasteiger partial charge in [-0.25, -0.2) is 4.98 Å². The fraction of sp³-hybridized carbons (Fsp3) is 0.423. The lowest BCUT2D eigenvalue weighted by molar-refractivity contribution is 0.0767. The lowest BCUT2D eigenvalue weighted by Gasteiger charge is -2.21. The number of ether oxygens (including phenoxy) is 2. The Balaban J connectivity index is 1.33. The van der Waals surface area contributed by atoms with Gasteiger partial charge in [-0.15, -0.1) is 0 Å². The number of methoxy groups -OCH3 is 1. The molecule has 180 valence electrons. The molecule has 0 bridgehead atoms. The van der Waals surface area contributed by atoms with Crippen molar-refractivity contribution in [3.8, 4) is 11.5 Å². The van der Waals surface area contributed by atoms with Crippen LogP contribution in [0.2, 0.25) is 0 Å². The molecule has 0 unspecified atom stereocenters. The Morgan fingerprint density at radius 2 is 1.91 bits per heavy atom. The van der Waals surface area contributed by atoms with Crippen LogP contribution < -0.4 is 14.4 Å². The van der Waals surface area contributed by atoms with E-state index in [0.29, 0.717) is 25.1 Å². The molecule has 2 aromatic carbocycles. The zero-order chi connectivity index (χ0) is 23.8. The summed E-state index contributed by atoms with van der Waals surface area (Å²) in [6.45, 7) is 5.86. The maximum atomic E-state index is 13.1. The zero-order valence-corrected chi connectivity index (χ0v) is 20.7. The predicted molar refractivity (Wildman–Crippen MR) is 135 cm³/mol. The van der Waals surface area contributed by atoms with Gasteiger partial charge in [-0.3, -0.25) is 4.79 Å². The second-order valence-corrected chi connectivity index (χ2v) is 9.11. The van der Waals surface area contributed by atoms with Crippen LogP contribution in [0.4, 0.5) is 5.13 Å². The number of hydrogen-bond acceptors (Lipinski definition) is 7. The Labute approximate surface area is 205 Å². The zero-order valence-electron chi connectivity index (χ0n) is 19.9. The second kappa shape index (κ2) is 11.8. The van der Waals surface area contributed by atoms with Gasteiger partial charge in [-0.1, -0.05) is 25.5 Å². The van der Waals surface area contributed by atoms with Crippen LogP contribution in [-0.2, 0) is 6.42 Å². The summed E-state index contributed by atoms with van der Waals surface area (Å²) in [5.74, 6) is 2.53. The SMILES string of the molecule is CCCCOc1ccc(C(=O)N2CCCN(c3nc(Cc4cccc(OC)c4)ns3)CC2)cc1. The molecule has 1 fully saturated rings. The standard InChI is InChI=1S/C26H32N4O3S/c1-3-4-17-33-22-11-9-21(10-12-22)25(31)29-13-6-14-30(16-15-29)26-27-24(28-34-26)19-20-7-5-8-23(18-20)32-2/h5,7-12,18H,3-4,6,13-17,19H2,1-2H3. The molecule has 1 saturated heterocycles. The minimum Gasteiger partial charge on any atom is -0.497 e. The van der Waals surface area contributed by atoms with E-state index >= 15 is 0 Å². The molecule has 1 aromatic heterocycles. The first-order valence-electron chi connectivity index (χ1n) is 11.9. The normalized spacial score (nSPS) is 14.1.